The summed E-state index contributed by atoms with van der Waals surface area (Å²) < 4.78 is 2.10. The van der Waals surface area contributed by atoms with Gasteiger partial charge in [-0.1, -0.05) is 45.0 Å². The normalized spacial score (nSPS) is 11.5. The van der Waals surface area contributed by atoms with E-state index in [1.165, 1.54) is 5.56 Å². The van der Waals surface area contributed by atoms with E-state index in [4.69, 9.17) is 0 Å². The lowest BCUT2D eigenvalue weighted by Gasteiger charge is -2.19. The van der Waals surface area contributed by atoms with E-state index in [0.717, 1.165) is 23.4 Å². The second-order valence-electron chi connectivity index (χ2n) is 8.37. The van der Waals surface area contributed by atoms with Crippen LogP contribution in [0.5, 0.6) is 0 Å². The number of rotatable bonds is 7. The number of aromatic nitrogens is 2. The molecule has 158 valence electrons. The van der Waals surface area contributed by atoms with E-state index >= 15 is 0 Å². The van der Waals surface area contributed by atoms with Crippen molar-refractivity contribution in [2.24, 2.45) is 0 Å². The SMILES string of the molecule is CCn1c(CNC(=O)CCNC(=O)c2ccc(C(C)(C)C)cc2)nc2ccccc21. The lowest BCUT2D eigenvalue weighted by molar-refractivity contribution is -0.121. The first-order valence-electron chi connectivity index (χ1n) is 10.4. The predicted molar refractivity (Wildman–Crippen MR) is 119 cm³/mol. The number of fused-ring (bicyclic) bond motifs is 1. The number of amides is 2. The lowest BCUT2D eigenvalue weighted by Crippen LogP contribution is -2.31. The van der Waals surface area contributed by atoms with Crippen LogP contribution in [0, 0.1) is 0 Å². The first-order valence-corrected chi connectivity index (χ1v) is 10.4. The van der Waals surface area contributed by atoms with Crippen LogP contribution >= 0.6 is 0 Å². The molecule has 0 spiro atoms. The fraction of sp³-hybridized carbons (Fsp3) is 0.375. The molecule has 0 aliphatic carbocycles. The Morgan fingerprint density at radius 3 is 2.37 bits per heavy atom. The minimum atomic E-state index is -0.170. The Kier molecular flexibility index (Phi) is 6.55. The maximum Gasteiger partial charge on any atom is 0.251 e. The van der Waals surface area contributed by atoms with E-state index in [1.54, 1.807) is 0 Å². The molecule has 0 saturated heterocycles. The van der Waals surface area contributed by atoms with Crippen molar-refractivity contribution in [1.82, 2.24) is 20.2 Å². The van der Waals surface area contributed by atoms with Gasteiger partial charge in [-0.2, -0.15) is 0 Å². The van der Waals surface area contributed by atoms with E-state index in [0.29, 0.717) is 12.1 Å². The second kappa shape index (κ2) is 9.11. The van der Waals surface area contributed by atoms with Crippen molar-refractivity contribution in [2.75, 3.05) is 6.54 Å². The maximum absolute atomic E-state index is 12.3. The van der Waals surface area contributed by atoms with Crippen molar-refractivity contribution in [2.45, 2.75) is 52.6 Å². The summed E-state index contributed by atoms with van der Waals surface area (Å²) in [7, 11) is 0. The number of carbonyl (C=O) groups excluding carboxylic acids is 2. The summed E-state index contributed by atoms with van der Waals surface area (Å²) in [5.74, 6) is 0.541. The first kappa shape index (κ1) is 21.6. The molecule has 2 aromatic carbocycles. The Morgan fingerprint density at radius 2 is 1.70 bits per heavy atom. The maximum atomic E-state index is 12.3. The summed E-state index contributed by atoms with van der Waals surface area (Å²) in [4.78, 5) is 29.1. The third-order valence-corrected chi connectivity index (χ3v) is 5.14. The molecular formula is C24H30N4O2. The molecule has 2 N–H and O–H groups in total. The van der Waals surface area contributed by atoms with Crippen molar-refractivity contribution >= 4 is 22.8 Å². The second-order valence-corrected chi connectivity index (χ2v) is 8.37. The topological polar surface area (TPSA) is 76.0 Å². The Morgan fingerprint density at radius 1 is 1.00 bits per heavy atom. The van der Waals surface area contributed by atoms with Gasteiger partial charge in [-0.25, -0.2) is 4.98 Å². The van der Waals surface area contributed by atoms with Crippen LogP contribution in [0.15, 0.2) is 48.5 Å². The van der Waals surface area contributed by atoms with Crippen LogP contribution in [-0.4, -0.2) is 27.9 Å². The van der Waals surface area contributed by atoms with Gasteiger partial charge in [0.1, 0.15) is 5.82 Å². The smallest absolute Gasteiger partial charge is 0.251 e. The molecule has 2 amide bonds. The molecule has 1 heterocycles. The van der Waals surface area contributed by atoms with E-state index in [2.05, 4.69) is 47.9 Å². The molecule has 1 aromatic heterocycles. The van der Waals surface area contributed by atoms with Gasteiger partial charge in [0.2, 0.25) is 5.91 Å². The predicted octanol–water partition coefficient (Wildman–Crippen LogP) is 3.79. The molecule has 6 nitrogen and oxygen atoms in total. The minimum absolute atomic E-state index is 0.0471. The minimum Gasteiger partial charge on any atom is -0.352 e. The summed E-state index contributed by atoms with van der Waals surface area (Å²) in [5, 5.41) is 5.71. The number of hydrogen-bond acceptors (Lipinski definition) is 3. The number of aryl methyl sites for hydroxylation is 1. The highest BCUT2D eigenvalue weighted by Crippen LogP contribution is 2.22. The average molecular weight is 407 g/mol. The zero-order valence-corrected chi connectivity index (χ0v) is 18.2. The highest BCUT2D eigenvalue weighted by atomic mass is 16.2. The van der Waals surface area contributed by atoms with Crippen LogP contribution in [0.4, 0.5) is 0 Å². The number of para-hydroxylation sites is 2. The van der Waals surface area contributed by atoms with E-state index in [9.17, 15) is 9.59 Å². The lowest BCUT2D eigenvalue weighted by atomic mass is 9.87. The van der Waals surface area contributed by atoms with Gasteiger partial charge < -0.3 is 15.2 Å². The fourth-order valence-corrected chi connectivity index (χ4v) is 3.39. The van der Waals surface area contributed by atoms with Gasteiger partial charge in [-0.05, 0) is 42.2 Å². The van der Waals surface area contributed by atoms with Crippen molar-refractivity contribution in [3.8, 4) is 0 Å². The highest BCUT2D eigenvalue weighted by Gasteiger charge is 2.14. The third kappa shape index (κ3) is 5.06. The van der Waals surface area contributed by atoms with Crippen molar-refractivity contribution in [3.05, 3.63) is 65.5 Å². The third-order valence-electron chi connectivity index (χ3n) is 5.14. The Labute approximate surface area is 177 Å². The van der Waals surface area contributed by atoms with Gasteiger partial charge in [-0.3, -0.25) is 9.59 Å². The van der Waals surface area contributed by atoms with E-state index < -0.39 is 0 Å². The monoisotopic (exact) mass is 406 g/mol. The Hall–Kier alpha value is -3.15. The number of benzene rings is 2. The van der Waals surface area contributed by atoms with Gasteiger partial charge >= 0.3 is 0 Å². The van der Waals surface area contributed by atoms with Crippen LogP contribution in [0.25, 0.3) is 11.0 Å². The summed E-state index contributed by atoms with van der Waals surface area (Å²) in [6.07, 6.45) is 0.220. The summed E-state index contributed by atoms with van der Waals surface area (Å²) in [6.45, 7) is 9.90. The highest BCUT2D eigenvalue weighted by molar-refractivity contribution is 5.94. The number of hydrogen-bond donors (Lipinski definition) is 2. The molecule has 6 heteroatoms. The largest absolute Gasteiger partial charge is 0.352 e. The average Bonchev–Trinajstić information content (AvgIpc) is 3.09. The quantitative estimate of drug-likeness (QED) is 0.627. The van der Waals surface area contributed by atoms with Crippen LogP contribution in [0.1, 0.15) is 55.9 Å². The van der Waals surface area contributed by atoms with Crippen LogP contribution in [0.3, 0.4) is 0 Å². The fourth-order valence-electron chi connectivity index (χ4n) is 3.39. The summed E-state index contributed by atoms with van der Waals surface area (Å²) in [5.41, 5.74) is 3.81. The van der Waals surface area contributed by atoms with Crippen molar-refractivity contribution in [1.29, 1.82) is 0 Å². The van der Waals surface area contributed by atoms with Crippen LogP contribution in [0.2, 0.25) is 0 Å². The van der Waals surface area contributed by atoms with Crippen LogP contribution in [-0.2, 0) is 23.3 Å². The number of imidazole rings is 1. The summed E-state index contributed by atoms with van der Waals surface area (Å²) in [6, 6.07) is 15.5. The molecular weight excluding hydrogens is 376 g/mol. The van der Waals surface area contributed by atoms with E-state index in [1.807, 2.05) is 48.5 Å². The Bertz CT molecular complexity index is 1030. The number of nitrogens with one attached hydrogen (secondary N) is 2. The molecule has 0 aliphatic heterocycles. The zero-order valence-electron chi connectivity index (χ0n) is 18.2. The molecule has 0 saturated carbocycles. The first-order chi connectivity index (χ1) is 14.3. The van der Waals surface area contributed by atoms with Gasteiger partial charge in [-0.15, -0.1) is 0 Å². The van der Waals surface area contributed by atoms with Crippen LogP contribution < -0.4 is 10.6 Å². The standard InChI is InChI=1S/C24H30N4O2/c1-5-28-20-9-7-6-8-19(20)27-21(28)16-26-22(29)14-15-25-23(30)17-10-12-18(13-11-17)24(2,3)4/h6-13H,5,14-16H2,1-4H3,(H,25,30)(H,26,29). The number of carbonyl (C=O) groups is 2. The molecule has 0 fully saturated rings. The van der Waals surface area contributed by atoms with Crippen molar-refractivity contribution in [3.63, 3.8) is 0 Å². The van der Waals surface area contributed by atoms with E-state index in [-0.39, 0.29) is 30.2 Å². The Balaban J connectivity index is 1.48. The molecule has 30 heavy (non-hydrogen) atoms. The zero-order chi connectivity index (χ0) is 21.7. The molecule has 0 aliphatic rings. The summed E-state index contributed by atoms with van der Waals surface area (Å²) >= 11 is 0. The van der Waals surface area contributed by atoms with Gasteiger partial charge in [0.05, 0.1) is 17.6 Å². The molecule has 0 atom stereocenters. The van der Waals surface area contributed by atoms with Gasteiger partial charge in [0.25, 0.3) is 5.91 Å². The molecule has 0 bridgehead atoms. The van der Waals surface area contributed by atoms with Gasteiger partial charge in [0.15, 0.2) is 0 Å². The molecule has 0 unspecified atom stereocenters. The molecule has 3 rings (SSSR count). The number of nitrogens with zero attached hydrogens (tertiary/aromatic N) is 2. The van der Waals surface area contributed by atoms with Crippen molar-refractivity contribution < 1.29 is 9.59 Å². The molecule has 0 radical (unpaired) electrons. The van der Waals surface area contributed by atoms with Gasteiger partial charge in [0, 0.05) is 25.1 Å². The molecule has 3 aromatic rings.